The fraction of sp³-hybridized carbons (Fsp3) is 0.688. The van der Waals surface area contributed by atoms with E-state index in [1.807, 2.05) is 20.0 Å². The molecule has 1 aliphatic heterocycles. The molecule has 2 heterocycles. The topological polar surface area (TPSA) is 45.6 Å². The van der Waals surface area contributed by atoms with Crippen LogP contribution in [-0.4, -0.2) is 40.8 Å². The summed E-state index contributed by atoms with van der Waals surface area (Å²) in [5.41, 5.74) is 3.24. The van der Waals surface area contributed by atoms with Gasteiger partial charge in [0.15, 0.2) is 0 Å². The van der Waals surface area contributed by atoms with E-state index < -0.39 is 0 Å². The molecule has 0 aliphatic carbocycles. The lowest BCUT2D eigenvalue weighted by Crippen LogP contribution is -2.45. The Hall–Kier alpha value is -1.13. The normalized spacial score (nSPS) is 21.8. The van der Waals surface area contributed by atoms with Gasteiger partial charge in [-0.25, -0.2) is 0 Å². The summed E-state index contributed by atoms with van der Waals surface area (Å²) >= 11 is 0. The van der Waals surface area contributed by atoms with Gasteiger partial charge in [-0.05, 0) is 40.2 Å². The number of hydrogen-bond acceptors (Lipinski definition) is 4. The van der Waals surface area contributed by atoms with Crippen LogP contribution in [0.25, 0.3) is 0 Å². The van der Waals surface area contributed by atoms with Crippen molar-refractivity contribution >= 4 is 0 Å². The summed E-state index contributed by atoms with van der Waals surface area (Å²) in [6, 6.07) is 0.247. The molecule has 1 fully saturated rings. The highest BCUT2D eigenvalue weighted by atomic mass is 16.5. The van der Waals surface area contributed by atoms with E-state index in [1.165, 1.54) is 12.8 Å². The van der Waals surface area contributed by atoms with Gasteiger partial charge in [-0.1, -0.05) is 6.42 Å². The molecule has 0 bridgehead atoms. The number of pyridine rings is 1. The zero-order valence-corrected chi connectivity index (χ0v) is 13.0. The molecule has 1 N–H and O–H groups in total. The van der Waals surface area contributed by atoms with Gasteiger partial charge in [0.2, 0.25) is 0 Å². The average Bonchev–Trinajstić information content (AvgIpc) is 2.43. The standard InChI is InChI=1S/C16H26N2O2/c1-11-9-17-14(12(2)16(11)20-4)10-18-8-6-5-7-15(18)13(3)19/h9,13,15,19H,5-8,10H2,1-4H3/t13-,15-/m1/s1. The molecule has 4 heteroatoms. The van der Waals surface area contributed by atoms with E-state index in [9.17, 15) is 5.11 Å². The van der Waals surface area contributed by atoms with Crippen molar-refractivity contribution in [3.05, 3.63) is 23.0 Å². The molecule has 0 unspecified atom stereocenters. The number of rotatable bonds is 4. The number of methoxy groups -OCH3 is 1. The second-order valence-electron chi connectivity index (χ2n) is 5.82. The molecule has 112 valence electrons. The molecule has 0 aromatic carbocycles. The molecule has 0 amide bonds. The number of hydrogen-bond donors (Lipinski definition) is 1. The summed E-state index contributed by atoms with van der Waals surface area (Å²) in [5.74, 6) is 0.931. The van der Waals surface area contributed by atoms with E-state index in [2.05, 4.69) is 16.8 Å². The van der Waals surface area contributed by atoms with Crippen molar-refractivity contribution in [2.45, 2.75) is 58.7 Å². The average molecular weight is 278 g/mol. The van der Waals surface area contributed by atoms with E-state index in [1.54, 1.807) is 7.11 Å². The quantitative estimate of drug-likeness (QED) is 0.919. The predicted octanol–water partition coefficient (Wildman–Crippen LogP) is 2.44. The monoisotopic (exact) mass is 278 g/mol. The van der Waals surface area contributed by atoms with Gasteiger partial charge in [-0.2, -0.15) is 0 Å². The number of aliphatic hydroxyl groups is 1. The lowest BCUT2D eigenvalue weighted by molar-refractivity contribution is 0.0308. The van der Waals surface area contributed by atoms with Crippen LogP contribution in [-0.2, 0) is 6.54 Å². The molecule has 1 aromatic rings. The van der Waals surface area contributed by atoms with E-state index >= 15 is 0 Å². The Morgan fingerprint density at radius 3 is 2.85 bits per heavy atom. The minimum atomic E-state index is -0.289. The Balaban J connectivity index is 2.20. The number of likely N-dealkylation sites (tertiary alicyclic amines) is 1. The van der Waals surface area contributed by atoms with Crippen LogP contribution in [0.2, 0.25) is 0 Å². The van der Waals surface area contributed by atoms with Crippen LogP contribution in [0.4, 0.5) is 0 Å². The van der Waals surface area contributed by atoms with Crippen molar-refractivity contribution < 1.29 is 9.84 Å². The van der Waals surface area contributed by atoms with Gasteiger partial charge in [0.25, 0.3) is 0 Å². The van der Waals surface area contributed by atoms with Crippen molar-refractivity contribution in [1.82, 2.24) is 9.88 Å². The van der Waals surface area contributed by atoms with Crippen molar-refractivity contribution in [3.8, 4) is 5.75 Å². The van der Waals surface area contributed by atoms with Gasteiger partial charge in [-0.15, -0.1) is 0 Å². The van der Waals surface area contributed by atoms with Crippen LogP contribution in [0, 0.1) is 13.8 Å². The first-order chi connectivity index (χ1) is 9.54. The molecule has 0 saturated carbocycles. The van der Waals surface area contributed by atoms with Crippen LogP contribution in [0.5, 0.6) is 5.75 Å². The molecule has 0 radical (unpaired) electrons. The minimum Gasteiger partial charge on any atom is -0.496 e. The molecule has 2 atom stereocenters. The van der Waals surface area contributed by atoms with Crippen LogP contribution in [0.3, 0.4) is 0 Å². The van der Waals surface area contributed by atoms with Crippen LogP contribution >= 0.6 is 0 Å². The number of aromatic nitrogens is 1. The first kappa shape index (κ1) is 15.3. The van der Waals surface area contributed by atoms with E-state index in [4.69, 9.17) is 4.74 Å². The Morgan fingerprint density at radius 2 is 2.20 bits per heavy atom. The Kier molecular flexibility index (Phi) is 5.00. The Bertz CT molecular complexity index is 460. The van der Waals surface area contributed by atoms with Gasteiger partial charge < -0.3 is 9.84 Å². The highest BCUT2D eigenvalue weighted by molar-refractivity contribution is 5.41. The fourth-order valence-corrected chi connectivity index (χ4v) is 3.18. The Morgan fingerprint density at radius 1 is 1.45 bits per heavy atom. The van der Waals surface area contributed by atoms with Crippen molar-refractivity contribution in [3.63, 3.8) is 0 Å². The molecular weight excluding hydrogens is 252 g/mol. The number of aliphatic hydroxyl groups excluding tert-OH is 1. The highest BCUT2D eigenvalue weighted by Gasteiger charge is 2.27. The van der Waals surface area contributed by atoms with Crippen LogP contribution in [0.15, 0.2) is 6.20 Å². The summed E-state index contributed by atoms with van der Waals surface area (Å²) in [6.45, 7) is 7.79. The SMILES string of the molecule is COc1c(C)cnc(CN2CCCC[C@@H]2[C@@H](C)O)c1C. The second-order valence-corrected chi connectivity index (χ2v) is 5.82. The van der Waals surface area contributed by atoms with Gasteiger partial charge in [-0.3, -0.25) is 9.88 Å². The zero-order chi connectivity index (χ0) is 14.7. The van der Waals surface area contributed by atoms with Crippen molar-refractivity contribution in [1.29, 1.82) is 0 Å². The third-order valence-electron chi connectivity index (χ3n) is 4.32. The first-order valence-corrected chi connectivity index (χ1v) is 7.45. The third kappa shape index (κ3) is 3.13. The fourth-order valence-electron chi connectivity index (χ4n) is 3.18. The summed E-state index contributed by atoms with van der Waals surface area (Å²) < 4.78 is 5.47. The number of nitrogens with zero attached hydrogens (tertiary/aromatic N) is 2. The number of piperidine rings is 1. The minimum absolute atomic E-state index is 0.247. The molecule has 1 saturated heterocycles. The van der Waals surface area contributed by atoms with Crippen molar-refractivity contribution in [2.24, 2.45) is 0 Å². The van der Waals surface area contributed by atoms with Crippen LogP contribution in [0.1, 0.15) is 43.0 Å². The number of ether oxygens (including phenoxy) is 1. The molecular formula is C16H26N2O2. The smallest absolute Gasteiger partial charge is 0.128 e. The number of aryl methyl sites for hydroxylation is 1. The van der Waals surface area contributed by atoms with Gasteiger partial charge in [0.05, 0.1) is 18.9 Å². The molecule has 4 nitrogen and oxygen atoms in total. The summed E-state index contributed by atoms with van der Waals surface area (Å²) in [6.07, 6.45) is 5.06. The molecule has 1 aromatic heterocycles. The van der Waals surface area contributed by atoms with Gasteiger partial charge in [0.1, 0.15) is 5.75 Å². The molecule has 2 rings (SSSR count). The maximum absolute atomic E-state index is 9.95. The summed E-state index contributed by atoms with van der Waals surface area (Å²) in [4.78, 5) is 6.93. The Labute approximate surface area is 121 Å². The lowest BCUT2D eigenvalue weighted by Gasteiger charge is -2.37. The third-order valence-corrected chi connectivity index (χ3v) is 4.32. The van der Waals surface area contributed by atoms with Gasteiger partial charge >= 0.3 is 0 Å². The van der Waals surface area contributed by atoms with Crippen molar-refractivity contribution in [2.75, 3.05) is 13.7 Å². The molecule has 0 spiro atoms. The zero-order valence-electron chi connectivity index (χ0n) is 13.0. The highest BCUT2D eigenvalue weighted by Crippen LogP contribution is 2.27. The van der Waals surface area contributed by atoms with E-state index in [0.29, 0.717) is 0 Å². The maximum Gasteiger partial charge on any atom is 0.128 e. The predicted molar refractivity (Wildman–Crippen MR) is 80.0 cm³/mol. The summed E-state index contributed by atoms with van der Waals surface area (Å²) in [7, 11) is 1.71. The largest absolute Gasteiger partial charge is 0.496 e. The van der Waals surface area contributed by atoms with E-state index in [0.717, 1.165) is 42.1 Å². The van der Waals surface area contributed by atoms with Gasteiger partial charge in [0, 0.05) is 29.9 Å². The second kappa shape index (κ2) is 6.55. The lowest BCUT2D eigenvalue weighted by atomic mass is 9.97. The summed E-state index contributed by atoms with van der Waals surface area (Å²) in [5, 5.41) is 9.95. The first-order valence-electron chi connectivity index (χ1n) is 7.45. The van der Waals surface area contributed by atoms with E-state index in [-0.39, 0.29) is 12.1 Å². The molecule has 1 aliphatic rings. The maximum atomic E-state index is 9.95. The van der Waals surface area contributed by atoms with Crippen LogP contribution < -0.4 is 4.74 Å². The molecule has 20 heavy (non-hydrogen) atoms.